The molecule has 0 saturated carbocycles. The Bertz CT molecular complexity index is 656. The zero-order valence-corrected chi connectivity index (χ0v) is 15.3. The van der Waals surface area contributed by atoms with Crippen LogP contribution in [0.5, 0.6) is 0 Å². The maximum absolute atomic E-state index is 9.10. The summed E-state index contributed by atoms with van der Waals surface area (Å²) in [5.41, 5.74) is 1.43. The predicted molar refractivity (Wildman–Crippen MR) is 101 cm³/mol. The second kappa shape index (κ2) is 10.7. The van der Waals surface area contributed by atoms with Crippen molar-refractivity contribution in [2.24, 2.45) is 0 Å². The van der Waals surface area contributed by atoms with Crippen molar-refractivity contribution >= 4 is 23.3 Å². The Morgan fingerprint density at radius 2 is 1.69 bits per heavy atom. The average Bonchev–Trinajstić information content (AvgIpc) is 3.16. The molecule has 3 N–H and O–H groups in total. The monoisotopic (exact) mass is 376 g/mol. The van der Waals surface area contributed by atoms with Crippen molar-refractivity contribution in [1.29, 1.82) is 0 Å². The van der Waals surface area contributed by atoms with Gasteiger partial charge in [-0.1, -0.05) is 36.4 Å². The van der Waals surface area contributed by atoms with E-state index in [1.165, 1.54) is 36.4 Å². The van der Waals surface area contributed by atoms with Crippen LogP contribution in [-0.2, 0) is 22.7 Å². The van der Waals surface area contributed by atoms with Crippen LogP contribution in [0.25, 0.3) is 0 Å². The normalized spacial score (nSPS) is 15.1. The molecule has 0 aliphatic carbocycles. The minimum Gasteiger partial charge on any atom is -0.473 e. The van der Waals surface area contributed by atoms with Crippen molar-refractivity contribution in [2.75, 3.05) is 13.1 Å². The summed E-state index contributed by atoms with van der Waals surface area (Å²) in [7, 11) is 0. The van der Waals surface area contributed by atoms with Gasteiger partial charge >= 0.3 is 11.9 Å². The van der Waals surface area contributed by atoms with Gasteiger partial charge in [0, 0.05) is 24.0 Å². The number of thiophene rings is 1. The van der Waals surface area contributed by atoms with Crippen molar-refractivity contribution in [1.82, 2.24) is 10.2 Å². The van der Waals surface area contributed by atoms with Gasteiger partial charge in [-0.25, -0.2) is 9.59 Å². The minimum atomic E-state index is -1.82. The van der Waals surface area contributed by atoms with Crippen molar-refractivity contribution in [3.63, 3.8) is 0 Å². The summed E-state index contributed by atoms with van der Waals surface area (Å²) in [4.78, 5) is 22.2. The van der Waals surface area contributed by atoms with E-state index < -0.39 is 11.9 Å². The molecular weight excluding hydrogens is 352 g/mol. The number of hydrogen-bond acceptors (Lipinski definition) is 5. The fraction of sp³-hybridized carbons (Fsp3) is 0.368. The van der Waals surface area contributed by atoms with Crippen LogP contribution in [0.4, 0.5) is 0 Å². The molecule has 0 amide bonds. The molecule has 26 heavy (non-hydrogen) atoms. The number of nitrogens with one attached hydrogen (secondary N) is 1. The number of rotatable bonds is 5. The standard InChI is InChI=1S/C17H22N2S.C2H2O4/c1-2-5-15(6-3-1)14-19-10-8-16(9-11-19)18-13-17-7-4-12-20-17;3-1(4)2(5)6/h1-7,12,16,18H,8-11,13-14H2;(H,3,4)(H,5,6). The van der Waals surface area contributed by atoms with E-state index in [9.17, 15) is 0 Å². The summed E-state index contributed by atoms with van der Waals surface area (Å²) in [5, 5.41) is 20.6. The molecule has 0 spiro atoms. The number of nitrogens with zero attached hydrogens (tertiary/aromatic N) is 1. The quantitative estimate of drug-likeness (QED) is 0.695. The summed E-state index contributed by atoms with van der Waals surface area (Å²) in [6, 6.07) is 15.8. The van der Waals surface area contributed by atoms with Gasteiger partial charge in [0.25, 0.3) is 0 Å². The van der Waals surface area contributed by atoms with Gasteiger partial charge in [0.2, 0.25) is 0 Å². The second-order valence-corrected chi connectivity index (χ2v) is 7.14. The van der Waals surface area contributed by atoms with E-state index in [2.05, 4.69) is 58.1 Å². The van der Waals surface area contributed by atoms with Crippen LogP contribution in [0.2, 0.25) is 0 Å². The number of carboxylic acids is 2. The van der Waals surface area contributed by atoms with Gasteiger partial charge in [0.1, 0.15) is 0 Å². The highest BCUT2D eigenvalue weighted by atomic mass is 32.1. The van der Waals surface area contributed by atoms with Crippen LogP contribution in [0.15, 0.2) is 47.8 Å². The van der Waals surface area contributed by atoms with E-state index in [0.29, 0.717) is 6.04 Å². The van der Waals surface area contributed by atoms with E-state index in [1.54, 1.807) is 0 Å². The summed E-state index contributed by atoms with van der Waals surface area (Å²) in [5.74, 6) is -3.65. The minimum absolute atomic E-state index is 0.684. The molecule has 140 valence electrons. The van der Waals surface area contributed by atoms with Gasteiger partial charge in [0.15, 0.2) is 0 Å². The third-order valence-electron chi connectivity index (χ3n) is 4.16. The molecule has 1 saturated heterocycles. The van der Waals surface area contributed by atoms with Crippen LogP contribution >= 0.6 is 11.3 Å². The van der Waals surface area contributed by atoms with Gasteiger partial charge < -0.3 is 15.5 Å². The Hall–Kier alpha value is -2.22. The molecular formula is C19H24N2O4S. The van der Waals surface area contributed by atoms with E-state index in [1.807, 2.05) is 11.3 Å². The number of carbonyl (C=O) groups is 2. The third-order valence-corrected chi connectivity index (χ3v) is 5.04. The van der Waals surface area contributed by atoms with Gasteiger partial charge in [-0.3, -0.25) is 4.90 Å². The molecule has 1 aromatic carbocycles. The molecule has 6 nitrogen and oxygen atoms in total. The topological polar surface area (TPSA) is 89.9 Å². The highest BCUT2D eigenvalue weighted by Gasteiger charge is 2.18. The Balaban J connectivity index is 0.000000352. The Kier molecular flexibility index (Phi) is 8.27. The van der Waals surface area contributed by atoms with Crippen molar-refractivity contribution in [2.45, 2.75) is 32.0 Å². The molecule has 7 heteroatoms. The van der Waals surface area contributed by atoms with Crippen LogP contribution in [0.1, 0.15) is 23.3 Å². The van der Waals surface area contributed by atoms with Crippen LogP contribution < -0.4 is 5.32 Å². The van der Waals surface area contributed by atoms with Gasteiger partial charge in [-0.05, 0) is 42.9 Å². The molecule has 1 aromatic heterocycles. The van der Waals surface area contributed by atoms with Crippen LogP contribution in [0, 0.1) is 0 Å². The number of likely N-dealkylation sites (tertiary alicyclic amines) is 1. The first-order valence-corrected chi connectivity index (χ1v) is 9.41. The van der Waals surface area contributed by atoms with E-state index in [-0.39, 0.29) is 0 Å². The SMILES string of the molecule is O=C(O)C(=O)O.c1ccc(CN2CCC(NCc3cccs3)CC2)cc1. The molecule has 0 radical (unpaired) electrons. The first-order chi connectivity index (χ1) is 12.5. The maximum atomic E-state index is 9.10. The lowest BCUT2D eigenvalue weighted by Crippen LogP contribution is -2.41. The molecule has 2 aromatic rings. The summed E-state index contributed by atoms with van der Waals surface area (Å²) < 4.78 is 0. The lowest BCUT2D eigenvalue weighted by molar-refractivity contribution is -0.159. The number of aliphatic carboxylic acids is 2. The zero-order valence-electron chi connectivity index (χ0n) is 14.5. The molecule has 0 atom stereocenters. The molecule has 1 aliphatic heterocycles. The lowest BCUT2D eigenvalue weighted by atomic mass is 10.0. The average molecular weight is 376 g/mol. The fourth-order valence-electron chi connectivity index (χ4n) is 2.79. The number of benzene rings is 1. The van der Waals surface area contributed by atoms with Crippen molar-refractivity contribution in [3.8, 4) is 0 Å². The van der Waals surface area contributed by atoms with E-state index in [0.717, 1.165) is 13.1 Å². The van der Waals surface area contributed by atoms with Gasteiger partial charge in [-0.2, -0.15) is 0 Å². The molecule has 0 bridgehead atoms. The highest BCUT2D eigenvalue weighted by molar-refractivity contribution is 7.09. The van der Waals surface area contributed by atoms with E-state index in [4.69, 9.17) is 19.8 Å². The largest absolute Gasteiger partial charge is 0.473 e. The number of hydrogen-bond donors (Lipinski definition) is 3. The fourth-order valence-corrected chi connectivity index (χ4v) is 3.45. The molecule has 1 aliphatic rings. The molecule has 0 unspecified atom stereocenters. The van der Waals surface area contributed by atoms with Gasteiger partial charge in [0.05, 0.1) is 0 Å². The number of carboxylic acid groups (broad SMARTS) is 2. The lowest BCUT2D eigenvalue weighted by Gasteiger charge is -2.32. The number of piperidine rings is 1. The molecule has 3 rings (SSSR count). The predicted octanol–water partition coefficient (Wildman–Crippen LogP) is 2.66. The summed E-state index contributed by atoms with van der Waals surface area (Å²) >= 11 is 1.84. The van der Waals surface area contributed by atoms with Crippen LogP contribution in [-0.4, -0.2) is 46.2 Å². The highest BCUT2D eigenvalue weighted by Crippen LogP contribution is 2.15. The molecule has 1 fully saturated rings. The van der Waals surface area contributed by atoms with Gasteiger partial charge in [-0.15, -0.1) is 11.3 Å². The Labute approximate surface area is 157 Å². The zero-order chi connectivity index (χ0) is 18.8. The Morgan fingerprint density at radius 3 is 2.23 bits per heavy atom. The van der Waals surface area contributed by atoms with Crippen molar-refractivity contribution < 1.29 is 19.8 Å². The molecule has 2 heterocycles. The van der Waals surface area contributed by atoms with Crippen LogP contribution in [0.3, 0.4) is 0 Å². The summed E-state index contributed by atoms with van der Waals surface area (Å²) in [6.07, 6.45) is 2.52. The van der Waals surface area contributed by atoms with Crippen molar-refractivity contribution in [3.05, 3.63) is 58.3 Å². The second-order valence-electron chi connectivity index (χ2n) is 6.11. The Morgan fingerprint density at radius 1 is 1.04 bits per heavy atom. The van der Waals surface area contributed by atoms with E-state index >= 15 is 0 Å². The smallest absolute Gasteiger partial charge is 0.414 e. The maximum Gasteiger partial charge on any atom is 0.414 e. The summed E-state index contributed by atoms with van der Waals surface area (Å²) in [6.45, 7) is 4.54. The first-order valence-electron chi connectivity index (χ1n) is 8.53. The third kappa shape index (κ3) is 7.35. The first kappa shape index (κ1) is 20.1.